The summed E-state index contributed by atoms with van der Waals surface area (Å²) in [7, 11) is 1.58. The molecule has 0 aromatic heterocycles. The predicted molar refractivity (Wildman–Crippen MR) is 87.9 cm³/mol. The fourth-order valence-corrected chi connectivity index (χ4v) is 2.27. The van der Waals surface area contributed by atoms with Crippen LogP contribution < -0.4 is 10.1 Å². The van der Waals surface area contributed by atoms with Gasteiger partial charge in [0, 0.05) is 6.08 Å². The third kappa shape index (κ3) is 4.85. The van der Waals surface area contributed by atoms with Gasteiger partial charge >= 0.3 is 5.97 Å². The van der Waals surface area contributed by atoms with Crippen LogP contribution in [0.2, 0.25) is 0 Å². The Morgan fingerprint density at radius 1 is 1.38 bits per heavy atom. The van der Waals surface area contributed by atoms with Crippen LogP contribution in [0.4, 0.5) is 0 Å². The van der Waals surface area contributed by atoms with Crippen molar-refractivity contribution in [3.8, 4) is 11.8 Å². The number of nitrogens with zero attached hydrogens (tertiary/aromatic N) is 1. The minimum atomic E-state index is -0.886. The zero-order valence-corrected chi connectivity index (χ0v) is 13.7. The van der Waals surface area contributed by atoms with Gasteiger partial charge in [0.25, 0.3) is 5.91 Å². The van der Waals surface area contributed by atoms with Crippen molar-refractivity contribution in [2.24, 2.45) is 5.92 Å². The van der Waals surface area contributed by atoms with Gasteiger partial charge in [0.2, 0.25) is 0 Å². The highest BCUT2D eigenvalue weighted by molar-refractivity contribution is 5.89. The summed E-state index contributed by atoms with van der Waals surface area (Å²) in [6.45, 7) is 1.28. The molecule has 1 atom stereocenters. The Balaban J connectivity index is 1.78. The monoisotopic (exact) mass is 328 g/mol. The Morgan fingerprint density at radius 3 is 2.58 bits per heavy atom. The second kappa shape index (κ2) is 7.64. The topological polar surface area (TPSA) is 88.4 Å². The first-order valence-electron chi connectivity index (χ1n) is 7.68. The highest BCUT2D eigenvalue weighted by atomic mass is 16.5. The maximum absolute atomic E-state index is 11.8. The van der Waals surface area contributed by atoms with E-state index in [-0.39, 0.29) is 5.92 Å². The number of nitrogens with one attached hydrogen (secondary N) is 1. The van der Waals surface area contributed by atoms with E-state index < -0.39 is 24.0 Å². The molecule has 0 saturated heterocycles. The van der Waals surface area contributed by atoms with Crippen LogP contribution in [-0.2, 0) is 14.3 Å². The number of hydrogen-bond acceptors (Lipinski definition) is 5. The van der Waals surface area contributed by atoms with E-state index in [2.05, 4.69) is 11.4 Å². The summed E-state index contributed by atoms with van der Waals surface area (Å²) in [5.74, 6) is -0.192. The molecule has 2 rings (SSSR count). The number of nitriles is 1. The molecule has 1 aliphatic rings. The number of amides is 1. The number of hydrogen-bond donors (Lipinski definition) is 1. The molecule has 1 aromatic carbocycles. The highest BCUT2D eigenvalue weighted by Gasteiger charge is 2.43. The van der Waals surface area contributed by atoms with E-state index in [9.17, 15) is 14.9 Å². The molecule has 0 aliphatic heterocycles. The Bertz CT molecular complexity index is 671. The van der Waals surface area contributed by atoms with Crippen molar-refractivity contribution in [2.75, 3.05) is 13.7 Å². The first kappa shape index (κ1) is 17.5. The first-order chi connectivity index (χ1) is 11.5. The molecule has 0 heterocycles. The lowest BCUT2D eigenvalue weighted by Crippen LogP contribution is -2.48. The van der Waals surface area contributed by atoms with Crippen LogP contribution in [0.3, 0.4) is 0 Å². The number of carbonyl (C=O) groups excluding carboxylic acids is 2. The van der Waals surface area contributed by atoms with Crippen LogP contribution in [0, 0.1) is 17.2 Å². The highest BCUT2D eigenvalue weighted by Crippen LogP contribution is 2.39. The zero-order chi connectivity index (χ0) is 17.6. The molecule has 126 valence electrons. The van der Waals surface area contributed by atoms with Gasteiger partial charge in [-0.25, -0.2) is 4.79 Å². The van der Waals surface area contributed by atoms with Crippen LogP contribution >= 0.6 is 0 Å². The van der Waals surface area contributed by atoms with Gasteiger partial charge in [0.15, 0.2) is 6.61 Å². The Kier molecular flexibility index (Phi) is 5.59. The minimum absolute atomic E-state index is 0.178. The van der Waals surface area contributed by atoms with Gasteiger partial charge in [0.1, 0.15) is 11.3 Å². The summed E-state index contributed by atoms with van der Waals surface area (Å²) in [4.78, 5) is 23.5. The molecule has 1 amide bonds. The van der Waals surface area contributed by atoms with Gasteiger partial charge in [-0.15, -0.1) is 0 Å². The summed E-state index contributed by atoms with van der Waals surface area (Å²) in [6.07, 6.45) is 4.69. The van der Waals surface area contributed by atoms with Gasteiger partial charge in [-0.3, -0.25) is 4.79 Å². The lowest BCUT2D eigenvalue weighted by atomic mass is 9.98. The fourth-order valence-electron chi connectivity index (χ4n) is 2.27. The van der Waals surface area contributed by atoms with E-state index in [1.165, 1.54) is 6.08 Å². The van der Waals surface area contributed by atoms with Crippen molar-refractivity contribution in [2.45, 2.75) is 25.3 Å². The molecule has 1 saturated carbocycles. The van der Waals surface area contributed by atoms with E-state index in [0.29, 0.717) is 0 Å². The number of rotatable bonds is 7. The normalized spacial score (nSPS) is 16.0. The molecule has 0 radical (unpaired) electrons. The minimum Gasteiger partial charge on any atom is -0.497 e. The quantitative estimate of drug-likeness (QED) is 0.611. The van der Waals surface area contributed by atoms with Crippen molar-refractivity contribution in [1.29, 1.82) is 5.26 Å². The number of carbonyl (C=O) groups is 2. The number of benzene rings is 1. The van der Waals surface area contributed by atoms with Crippen LogP contribution in [0.5, 0.6) is 5.75 Å². The number of esters is 1. The van der Waals surface area contributed by atoms with E-state index >= 15 is 0 Å². The molecule has 1 aliphatic carbocycles. The summed E-state index contributed by atoms with van der Waals surface area (Å²) < 4.78 is 9.94. The third-order valence-electron chi connectivity index (χ3n) is 3.90. The average Bonchev–Trinajstić information content (AvgIpc) is 3.44. The van der Waals surface area contributed by atoms with Gasteiger partial charge in [-0.05, 0) is 49.5 Å². The van der Waals surface area contributed by atoms with Gasteiger partial charge in [-0.2, -0.15) is 5.26 Å². The van der Waals surface area contributed by atoms with Crippen molar-refractivity contribution in [3.63, 3.8) is 0 Å². The van der Waals surface area contributed by atoms with E-state index in [4.69, 9.17) is 9.47 Å². The zero-order valence-electron chi connectivity index (χ0n) is 13.7. The molecule has 1 N–H and O–H groups in total. The predicted octanol–water partition coefficient (Wildman–Crippen LogP) is 2.06. The maximum atomic E-state index is 11.8. The van der Waals surface area contributed by atoms with Gasteiger partial charge in [-0.1, -0.05) is 12.1 Å². The number of methoxy groups -OCH3 is 1. The van der Waals surface area contributed by atoms with Crippen LogP contribution in [0.15, 0.2) is 30.3 Å². The van der Waals surface area contributed by atoms with Crippen molar-refractivity contribution >= 4 is 18.0 Å². The molecule has 0 bridgehead atoms. The first-order valence-corrected chi connectivity index (χ1v) is 7.68. The number of ether oxygens (including phenoxy) is 2. The molecule has 6 nitrogen and oxygen atoms in total. The van der Waals surface area contributed by atoms with Crippen LogP contribution in [0.25, 0.3) is 6.08 Å². The summed E-state index contributed by atoms with van der Waals surface area (Å²) in [6, 6.07) is 9.26. The second-order valence-corrected chi connectivity index (χ2v) is 5.85. The molecule has 6 heteroatoms. The fraction of sp³-hybridized carbons (Fsp3) is 0.389. The molecule has 24 heavy (non-hydrogen) atoms. The van der Waals surface area contributed by atoms with Crippen molar-refractivity contribution in [3.05, 3.63) is 35.9 Å². The van der Waals surface area contributed by atoms with E-state index in [0.717, 1.165) is 24.2 Å². The molecule has 1 fully saturated rings. The Hall–Kier alpha value is -2.81. The smallest absolute Gasteiger partial charge is 0.331 e. The second-order valence-electron chi connectivity index (χ2n) is 5.85. The van der Waals surface area contributed by atoms with Gasteiger partial charge < -0.3 is 14.8 Å². The van der Waals surface area contributed by atoms with Gasteiger partial charge in [0.05, 0.1) is 13.2 Å². The molecule has 0 spiro atoms. The summed E-state index contributed by atoms with van der Waals surface area (Å²) in [5.41, 5.74) is -0.0782. The Morgan fingerprint density at radius 2 is 2.04 bits per heavy atom. The lowest BCUT2D eigenvalue weighted by Gasteiger charge is -2.22. The average molecular weight is 328 g/mol. The van der Waals surface area contributed by atoms with Crippen molar-refractivity contribution in [1.82, 2.24) is 5.32 Å². The molecule has 0 unspecified atom stereocenters. The van der Waals surface area contributed by atoms with Crippen molar-refractivity contribution < 1.29 is 19.1 Å². The van der Waals surface area contributed by atoms with Crippen LogP contribution in [0.1, 0.15) is 25.3 Å². The summed E-state index contributed by atoms with van der Waals surface area (Å²) in [5, 5.41) is 11.8. The SMILES string of the molecule is COc1ccc(/C=C/C(=O)OCC(=O)N[C@@](C)(C#N)C2CC2)cc1. The Labute approximate surface area is 141 Å². The summed E-state index contributed by atoms with van der Waals surface area (Å²) >= 11 is 0. The molecule has 1 aromatic rings. The largest absolute Gasteiger partial charge is 0.497 e. The van der Waals surface area contributed by atoms with E-state index in [1.807, 2.05) is 0 Å². The molecular formula is C18H20N2O4. The van der Waals surface area contributed by atoms with Crippen LogP contribution in [-0.4, -0.2) is 31.1 Å². The van der Waals surface area contributed by atoms with E-state index in [1.54, 1.807) is 44.4 Å². The third-order valence-corrected chi connectivity index (χ3v) is 3.90. The maximum Gasteiger partial charge on any atom is 0.331 e. The standard InChI is InChI=1S/C18H20N2O4/c1-18(12-19,14-6-7-14)20-16(21)11-24-17(22)10-5-13-3-8-15(23-2)9-4-13/h3-5,8-10,14H,6-7,11H2,1-2H3,(H,20,21)/b10-5+/t18-/m0/s1. The molecular weight excluding hydrogens is 308 g/mol. The lowest BCUT2D eigenvalue weighted by molar-refractivity contribution is -0.144.